The van der Waals surface area contributed by atoms with Crippen molar-refractivity contribution in [3.63, 3.8) is 0 Å². The van der Waals surface area contributed by atoms with Crippen molar-refractivity contribution in [2.24, 2.45) is 30.7 Å². The summed E-state index contributed by atoms with van der Waals surface area (Å²) in [4.78, 5) is 5.93. The van der Waals surface area contributed by atoms with Gasteiger partial charge in [0.1, 0.15) is 44.0 Å². The van der Waals surface area contributed by atoms with Crippen LogP contribution in [0.15, 0.2) is 117 Å². The van der Waals surface area contributed by atoms with Crippen molar-refractivity contribution in [3.8, 4) is 23.0 Å². The number of rotatable bonds is 15. The van der Waals surface area contributed by atoms with Gasteiger partial charge in [0, 0.05) is 6.07 Å². The molecule has 0 saturated heterocycles. The maximum atomic E-state index is 12.6. The predicted molar refractivity (Wildman–Crippen MR) is 208 cm³/mol. The van der Waals surface area contributed by atoms with Gasteiger partial charge < -0.3 is 20.4 Å². The van der Waals surface area contributed by atoms with Crippen molar-refractivity contribution in [1.82, 2.24) is 0 Å². The van der Waals surface area contributed by atoms with Gasteiger partial charge in [-0.1, -0.05) is 0 Å². The first-order chi connectivity index (χ1) is 29.0. The average Bonchev–Trinajstić information content (AvgIpc) is 3.15. The molecule has 5 aromatic rings. The molecule has 63 heavy (non-hydrogen) atoms. The summed E-state index contributed by atoms with van der Waals surface area (Å²) in [5.41, 5.74) is -5.32. The lowest BCUT2D eigenvalue weighted by molar-refractivity contribution is -0.384. The zero-order chi connectivity index (χ0) is 47.0. The molecule has 8 N–H and O–H groups in total. The van der Waals surface area contributed by atoms with Crippen LogP contribution in [0.1, 0.15) is 0 Å². The lowest BCUT2D eigenvalue weighted by Crippen LogP contribution is -2.16. The number of nitro benzene ring substituents is 1. The normalized spacial score (nSPS) is 13.1. The molecule has 0 aliphatic carbocycles. The van der Waals surface area contributed by atoms with Crippen LogP contribution in [0.5, 0.6) is 23.0 Å². The highest BCUT2D eigenvalue weighted by Crippen LogP contribution is 2.49. The van der Waals surface area contributed by atoms with Gasteiger partial charge >= 0.3 is 10.4 Å². The Kier molecular flexibility index (Phi) is 13.0. The molecule has 0 radical (unpaired) electrons. The number of sulfone groups is 1. The van der Waals surface area contributed by atoms with E-state index in [0.717, 1.165) is 36.4 Å². The highest BCUT2D eigenvalue weighted by molar-refractivity contribution is 7.91. The Morgan fingerprint density at radius 1 is 0.540 bits per heavy atom. The molecule has 0 atom stereocenters. The van der Waals surface area contributed by atoms with Gasteiger partial charge in [0.15, 0.2) is 27.0 Å². The second-order valence-electron chi connectivity index (χ2n) is 12.1. The molecular formula is C30H23N7O21S5. The number of nitrogens with zero attached hydrogens (tertiary/aromatic N) is 7. The van der Waals surface area contributed by atoms with Gasteiger partial charge in [-0.05, 0) is 60.0 Å². The molecule has 5 rings (SSSR count). The molecular weight excluding hydrogens is 955 g/mol. The van der Waals surface area contributed by atoms with E-state index in [2.05, 4.69) is 34.9 Å². The fraction of sp³-hybridized carbons (Fsp3) is 0.0667. The summed E-state index contributed by atoms with van der Waals surface area (Å²) in [6.45, 7) is -1.09. The first-order valence-corrected chi connectivity index (χ1v) is 23.3. The summed E-state index contributed by atoms with van der Waals surface area (Å²) in [6.07, 6.45) is 0. The van der Waals surface area contributed by atoms with Crippen molar-refractivity contribution in [2.75, 3.05) is 12.4 Å². The lowest BCUT2D eigenvalue weighted by atomic mass is 10.1. The Labute approximate surface area is 352 Å². The van der Waals surface area contributed by atoms with E-state index >= 15 is 0 Å². The van der Waals surface area contributed by atoms with Crippen molar-refractivity contribution in [2.45, 2.75) is 19.6 Å². The molecule has 334 valence electrons. The van der Waals surface area contributed by atoms with Gasteiger partial charge in [-0.2, -0.15) is 33.7 Å². The van der Waals surface area contributed by atoms with E-state index in [4.69, 9.17) is 4.55 Å². The number of azo groups is 3. The third kappa shape index (κ3) is 11.0. The number of aromatic hydroxyl groups is 4. The molecule has 0 heterocycles. The van der Waals surface area contributed by atoms with E-state index in [0.29, 0.717) is 30.3 Å². The smallest absolute Gasteiger partial charge is 0.397 e. The Bertz CT molecular complexity index is 3420. The third-order valence-electron chi connectivity index (χ3n) is 7.89. The van der Waals surface area contributed by atoms with Gasteiger partial charge in [-0.15, -0.1) is 30.7 Å². The van der Waals surface area contributed by atoms with E-state index in [1.165, 1.54) is 0 Å². The number of hydrogen-bond acceptors (Lipinski definition) is 23. The van der Waals surface area contributed by atoms with E-state index < -0.39 is 161 Å². The standard InChI is InChI=1S/C30H23N7O21S5/c38-22-6-5-20(33-32-19-4-2-16(13-24(19)61(49,50)51)59(44,45)8-7-58-63(55,56)57)29(40)27(22)35-34-21-12-17(60(46,47)48)9-14-10-25(62(52,53)54)28(30(41)26(14)21)36-31-18-3-1-15(37(42)43)11-23(18)39/h1-6,9-13,38-41H,7-8H2,(H,46,47,48)(H,49,50,51)(H,52,53,54)(H,55,56,57). The SMILES string of the molecule is O=[N+]([O-])c1ccc(N=Nc2c(S(=O)(=O)O)cc3cc(S(=O)(=O)O)cc(N=Nc4c(O)ccc(N=Nc5ccc(S(=O)(=O)CCOS(=O)(=O)O)cc5S(=O)(=O)O)c4O)c3c2O)c(O)c1. The quantitative estimate of drug-likeness (QED) is 0.0291. The summed E-state index contributed by atoms with van der Waals surface area (Å²) in [7, 11) is -25.4. The summed E-state index contributed by atoms with van der Waals surface area (Å²) in [5, 5.41) is 74.4. The summed E-state index contributed by atoms with van der Waals surface area (Å²) in [5.74, 6) is -5.19. The minimum Gasteiger partial charge on any atom is -0.505 e. The zero-order valence-electron chi connectivity index (χ0n) is 30.3. The molecule has 0 spiro atoms. The number of nitro groups is 1. The number of phenols is 4. The van der Waals surface area contributed by atoms with Crippen molar-refractivity contribution >= 4 is 101 Å². The summed E-state index contributed by atoms with van der Waals surface area (Å²) < 4.78 is 162. The predicted octanol–water partition coefficient (Wildman–Crippen LogP) is 5.15. The van der Waals surface area contributed by atoms with Crippen LogP contribution in [-0.2, 0) is 54.8 Å². The molecule has 0 amide bonds. The number of hydrogen-bond donors (Lipinski definition) is 8. The van der Waals surface area contributed by atoms with Crippen LogP contribution in [-0.4, -0.2) is 98.0 Å². The van der Waals surface area contributed by atoms with Crippen LogP contribution < -0.4 is 0 Å². The largest absolute Gasteiger partial charge is 0.505 e. The lowest BCUT2D eigenvalue weighted by Gasteiger charge is -2.12. The minimum atomic E-state index is -5.39. The Hall–Kier alpha value is -6.69. The van der Waals surface area contributed by atoms with Crippen LogP contribution in [0, 0.1) is 10.1 Å². The minimum absolute atomic E-state index is 0.411. The fourth-order valence-electron chi connectivity index (χ4n) is 5.07. The van der Waals surface area contributed by atoms with Crippen molar-refractivity contribution < 1.29 is 89.8 Å². The molecule has 0 aliphatic heterocycles. The van der Waals surface area contributed by atoms with Crippen molar-refractivity contribution in [3.05, 3.63) is 76.8 Å². The van der Waals surface area contributed by atoms with E-state index in [1.54, 1.807) is 0 Å². The Morgan fingerprint density at radius 2 is 1.11 bits per heavy atom. The first-order valence-electron chi connectivity index (χ1n) is 16.0. The van der Waals surface area contributed by atoms with Crippen LogP contribution >= 0.6 is 0 Å². The number of non-ortho nitro benzene ring substituents is 1. The van der Waals surface area contributed by atoms with Crippen LogP contribution in [0.3, 0.4) is 0 Å². The van der Waals surface area contributed by atoms with Gasteiger partial charge in [0.05, 0.1) is 44.2 Å². The average molecular weight is 978 g/mol. The number of benzene rings is 5. The number of fused-ring (bicyclic) bond motifs is 1. The summed E-state index contributed by atoms with van der Waals surface area (Å²) >= 11 is 0. The molecule has 0 aromatic heterocycles. The van der Waals surface area contributed by atoms with Gasteiger partial charge in [-0.25, -0.2) is 12.6 Å². The molecule has 0 bridgehead atoms. The fourth-order valence-corrected chi connectivity index (χ4v) is 8.50. The van der Waals surface area contributed by atoms with Crippen LogP contribution in [0.25, 0.3) is 10.8 Å². The van der Waals surface area contributed by atoms with E-state index in [9.17, 15) is 86.3 Å². The monoisotopic (exact) mass is 977 g/mol. The Balaban J connectivity index is 1.62. The molecule has 0 aliphatic rings. The van der Waals surface area contributed by atoms with E-state index in [1.807, 2.05) is 0 Å². The van der Waals surface area contributed by atoms with Crippen LogP contribution in [0.4, 0.5) is 39.8 Å². The molecule has 0 saturated carbocycles. The second-order valence-corrected chi connectivity index (χ2v) is 19.5. The number of phenolic OH excluding ortho intramolecular Hbond substituents is 4. The molecule has 28 nitrogen and oxygen atoms in total. The van der Waals surface area contributed by atoms with Crippen molar-refractivity contribution in [1.29, 1.82) is 0 Å². The van der Waals surface area contributed by atoms with Gasteiger partial charge in [-0.3, -0.25) is 28.3 Å². The second kappa shape index (κ2) is 17.2. The Morgan fingerprint density at radius 3 is 1.70 bits per heavy atom. The maximum Gasteiger partial charge on any atom is 0.397 e. The van der Waals surface area contributed by atoms with Gasteiger partial charge in [0.25, 0.3) is 36.0 Å². The molecule has 0 unspecified atom stereocenters. The maximum absolute atomic E-state index is 12.6. The molecule has 33 heteroatoms. The highest BCUT2D eigenvalue weighted by Gasteiger charge is 2.27. The first kappa shape index (κ1) is 47.4. The third-order valence-corrected chi connectivity index (χ3v) is 12.6. The van der Waals surface area contributed by atoms with E-state index in [-0.39, 0.29) is 0 Å². The van der Waals surface area contributed by atoms with Gasteiger partial charge in [0.2, 0.25) is 0 Å². The topological polar surface area (TPSA) is 459 Å². The molecule has 5 aromatic carbocycles. The van der Waals surface area contributed by atoms with Crippen LogP contribution in [0.2, 0.25) is 0 Å². The zero-order valence-corrected chi connectivity index (χ0v) is 34.4. The summed E-state index contributed by atoms with van der Waals surface area (Å²) in [6, 6.07) is 7.67. The highest BCUT2D eigenvalue weighted by atomic mass is 32.3. The molecule has 0 fully saturated rings.